The number of hydrogen-bond donors (Lipinski definition) is 5. The van der Waals surface area contributed by atoms with E-state index in [0.717, 1.165) is 72.3 Å². The lowest BCUT2D eigenvalue weighted by Gasteiger charge is -2.34. The molecule has 0 spiro atoms. The van der Waals surface area contributed by atoms with Gasteiger partial charge in [0.2, 0.25) is 11.8 Å². The third kappa shape index (κ3) is 17.3. The van der Waals surface area contributed by atoms with Crippen molar-refractivity contribution >= 4 is 30.1 Å². The van der Waals surface area contributed by atoms with E-state index < -0.39 is 41.7 Å². The summed E-state index contributed by atoms with van der Waals surface area (Å²) in [6, 6.07) is 60.9. The molecule has 0 heterocycles. The van der Waals surface area contributed by atoms with E-state index in [9.17, 15) is 24.0 Å². The van der Waals surface area contributed by atoms with Crippen molar-refractivity contribution in [3.8, 4) is 50.6 Å². The minimum absolute atomic E-state index is 0.0988. The van der Waals surface area contributed by atoms with Crippen LogP contribution in [0.25, 0.3) is 33.4 Å². The molecule has 5 N–H and O–H groups in total. The number of alkyl carbamates (subject to hydrolysis) is 3. The maximum absolute atomic E-state index is 14.5. The number of carbonyl (C=O) groups is 5. The fraction of sp³-hybridized carbons (Fsp3) is 0.329. The van der Waals surface area contributed by atoms with Crippen LogP contribution in [0.1, 0.15) is 107 Å². The van der Waals surface area contributed by atoms with Crippen molar-refractivity contribution in [2.75, 3.05) is 99.9 Å². The van der Waals surface area contributed by atoms with Crippen LogP contribution in [0.15, 0.2) is 188 Å². The first-order valence-corrected chi connectivity index (χ1v) is 33.6. The molecule has 1 unspecified atom stereocenters. The zero-order valence-corrected chi connectivity index (χ0v) is 55.7. The Labute approximate surface area is 572 Å². The van der Waals surface area contributed by atoms with Crippen LogP contribution < -0.4 is 40.8 Å². The van der Waals surface area contributed by atoms with Crippen molar-refractivity contribution in [3.63, 3.8) is 0 Å². The smallest absolute Gasteiger partial charge is 0.407 e. The van der Waals surface area contributed by atoms with Crippen LogP contribution in [-0.4, -0.2) is 136 Å². The Morgan fingerprint density at radius 2 is 0.786 bits per heavy atom. The summed E-state index contributed by atoms with van der Waals surface area (Å²) in [6.45, 7) is 3.69. The van der Waals surface area contributed by atoms with E-state index in [1.807, 2.05) is 110 Å². The van der Waals surface area contributed by atoms with Crippen LogP contribution >= 0.6 is 0 Å². The average Bonchev–Trinajstić information content (AvgIpc) is 1.63. The second-order valence-corrected chi connectivity index (χ2v) is 24.4. The molecular formula is C79H85N5O14. The third-order valence-corrected chi connectivity index (χ3v) is 17.9. The highest BCUT2D eigenvalue weighted by Crippen LogP contribution is 2.47. The number of methoxy groups -OCH3 is 2. The summed E-state index contributed by atoms with van der Waals surface area (Å²) in [7, 11) is 3.10. The summed E-state index contributed by atoms with van der Waals surface area (Å²) in [4.78, 5) is 68.2. The molecule has 8 aromatic carbocycles. The molecule has 98 heavy (non-hydrogen) atoms. The van der Waals surface area contributed by atoms with Gasteiger partial charge < -0.3 is 69.2 Å². The Morgan fingerprint density at radius 1 is 0.429 bits per heavy atom. The molecule has 0 radical (unpaired) electrons. The predicted octanol–water partition coefficient (Wildman–Crippen LogP) is 12.8. The molecule has 8 aromatic rings. The lowest BCUT2D eigenvalue weighted by Crippen LogP contribution is -2.58. The Balaban J connectivity index is 0.734. The number of fused-ring (bicyclic) bond motifs is 9. The molecule has 0 aromatic heterocycles. The summed E-state index contributed by atoms with van der Waals surface area (Å²) in [5.41, 5.74) is 13.5. The van der Waals surface area contributed by atoms with E-state index in [0.29, 0.717) is 48.7 Å². The first kappa shape index (κ1) is 69.2. The standard InChI is InChI=1S/C79H85N5O14/c1-4-95-54-34-32-53(33-35-54)75(68-37-36-55(90-2)46-72(68)91-3)83-73(85)38-39-74(86)84-79(50-92-43-17-40-80-76(87)96-47-69-62-26-11-5-20-56(62)57-21-6-12-27-63(57)69,51-93-44-18-41-81-77(88)97-48-70-64-28-13-7-22-58(64)59-23-8-14-29-65(59)70)52-94-45-19-42-82-78(89)98-49-71-66-30-15-9-24-60(66)61-25-10-16-31-67(61)71/h5-16,20-37,46,69-71,75H,4,17-19,38-45,47-52H2,1-3H3,(H,80,87)(H,81,88)(H,82,89)(H,83,85)(H,84,86). The van der Waals surface area contributed by atoms with E-state index in [4.69, 9.17) is 42.6 Å². The maximum atomic E-state index is 14.5. The molecule has 19 nitrogen and oxygen atoms in total. The van der Waals surface area contributed by atoms with E-state index in [-0.39, 0.29) is 110 Å². The highest BCUT2D eigenvalue weighted by atomic mass is 16.6. The zero-order chi connectivity index (χ0) is 68.1. The fourth-order valence-corrected chi connectivity index (χ4v) is 13.2. The van der Waals surface area contributed by atoms with Gasteiger partial charge in [0.25, 0.3) is 0 Å². The van der Waals surface area contributed by atoms with Crippen molar-refractivity contribution < 1.29 is 66.6 Å². The van der Waals surface area contributed by atoms with Gasteiger partial charge in [-0.1, -0.05) is 158 Å². The van der Waals surface area contributed by atoms with E-state index in [2.05, 4.69) is 99.4 Å². The van der Waals surface area contributed by atoms with Gasteiger partial charge in [0.05, 0.1) is 46.7 Å². The molecule has 510 valence electrons. The number of amides is 5. The molecule has 0 bridgehead atoms. The van der Waals surface area contributed by atoms with Gasteiger partial charge in [-0.2, -0.15) is 0 Å². The van der Waals surface area contributed by atoms with Crippen molar-refractivity contribution in [2.45, 2.75) is 68.4 Å². The van der Waals surface area contributed by atoms with Gasteiger partial charge >= 0.3 is 18.3 Å². The Bertz CT molecular complexity index is 3600. The second-order valence-electron chi connectivity index (χ2n) is 24.4. The van der Waals surface area contributed by atoms with E-state index in [1.165, 1.54) is 0 Å². The van der Waals surface area contributed by atoms with Crippen molar-refractivity contribution in [3.05, 3.63) is 233 Å². The topological polar surface area (TPSA) is 229 Å². The molecule has 3 aliphatic carbocycles. The minimum atomic E-state index is -1.34. The zero-order valence-electron chi connectivity index (χ0n) is 55.7. The summed E-state index contributed by atoms with van der Waals surface area (Å²) < 4.78 is 53.4. The number of nitrogens with one attached hydrogen (secondary N) is 5. The lowest BCUT2D eigenvalue weighted by atomic mass is 9.97. The van der Waals surface area contributed by atoms with Gasteiger partial charge in [-0.05, 0) is 123 Å². The van der Waals surface area contributed by atoms with Crippen molar-refractivity contribution in [2.24, 2.45) is 0 Å². The van der Waals surface area contributed by atoms with Crippen molar-refractivity contribution in [1.29, 1.82) is 0 Å². The number of rotatable bonds is 35. The molecular weight excluding hydrogens is 1240 g/mol. The van der Waals surface area contributed by atoms with Gasteiger partial charge in [0.1, 0.15) is 42.6 Å². The first-order chi connectivity index (χ1) is 48.0. The highest BCUT2D eigenvalue weighted by molar-refractivity contribution is 5.85. The van der Waals surface area contributed by atoms with Crippen LogP contribution in [0, 0.1) is 0 Å². The first-order valence-electron chi connectivity index (χ1n) is 33.6. The SMILES string of the molecule is CCOc1ccc(C(NC(=O)CCC(=O)NC(COCCCNC(=O)OCC2c3ccccc3-c3ccccc32)(COCCCNC(=O)OCC2c3ccccc3-c3ccccc32)COCCCNC(=O)OCC2c3ccccc3-c3ccccc32)c2ccc(OC)cc2OC)cc1. The van der Waals surface area contributed by atoms with E-state index >= 15 is 0 Å². The Kier molecular flexibility index (Phi) is 24.1. The van der Waals surface area contributed by atoms with Crippen LogP contribution in [0.4, 0.5) is 14.4 Å². The molecule has 5 amide bonds. The normalized spacial score (nSPS) is 12.9. The fourth-order valence-electron chi connectivity index (χ4n) is 13.2. The number of benzene rings is 8. The van der Waals surface area contributed by atoms with Crippen LogP contribution in [0.3, 0.4) is 0 Å². The van der Waals surface area contributed by atoms with Crippen LogP contribution in [0.2, 0.25) is 0 Å². The number of carbonyl (C=O) groups excluding carboxylic acids is 5. The summed E-state index contributed by atoms with van der Waals surface area (Å²) in [6.07, 6.45) is -0.976. The van der Waals surface area contributed by atoms with Gasteiger partial charge in [0, 0.05) is 81.7 Å². The van der Waals surface area contributed by atoms with Crippen LogP contribution in [-0.2, 0) is 38.0 Å². The lowest BCUT2D eigenvalue weighted by molar-refractivity contribution is -0.130. The molecule has 3 aliphatic rings. The van der Waals surface area contributed by atoms with E-state index in [1.54, 1.807) is 26.4 Å². The monoisotopic (exact) mass is 1330 g/mol. The molecule has 0 saturated heterocycles. The molecule has 1 atom stereocenters. The molecule has 0 aliphatic heterocycles. The maximum Gasteiger partial charge on any atom is 0.407 e. The van der Waals surface area contributed by atoms with Crippen molar-refractivity contribution in [1.82, 2.24) is 26.6 Å². The highest BCUT2D eigenvalue weighted by Gasteiger charge is 2.36. The largest absolute Gasteiger partial charge is 0.497 e. The summed E-state index contributed by atoms with van der Waals surface area (Å²) >= 11 is 0. The third-order valence-electron chi connectivity index (χ3n) is 17.9. The van der Waals surface area contributed by atoms with Gasteiger partial charge in [0.15, 0.2) is 0 Å². The minimum Gasteiger partial charge on any atom is -0.497 e. The van der Waals surface area contributed by atoms with Gasteiger partial charge in [-0.3, -0.25) is 9.59 Å². The van der Waals surface area contributed by atoms with Gasteiger partial charge in [-0.25, -0.2) is 14.4 Å². The van der Waals surface area contributed by atoms with Crippen LogP contribution in [0.5, 0.6) is 17.2 Å². The molecule has 0 fully saturated rings. The van der Waals surface area contributed by atoms with Gasteiger partial charge in [-0.15, -0.1) is 0 Å². The predicted molar refractivity (Wildman–Crippen MR) is 373 cm³/mol. The Morgan fingerprint density at radius 3 is 1.14 bits per heavy atom. The summed E-state index contributed by atoms with van der Waals surface area (Å²) in [5, 5.41) is 14.8. The Hall–Kier alpha value is -10.2. The quantitative estimate of drug-likeness (QED) is 0.0184. The number of hydrogen-bond acceptors (Lipinski definition) is 14. The average molecular weight is 1330 g/mol. The molecule has 11 rings (SSSR count). The number of ether oxygens (including phenoxy) is 9. The second kappa shape index (κ2) is 34.1. The summed E-state index contributed by atoms with van der Waals surface area (Å²) in [5.74, 6) is 0.528. The molecule has 19 heteroatoms. The molecule has 0 saturated carbocycles.